The van der Waals surface area contributed by atoms with Crippen LogP contribution in [0.5, 0.6) is 0 Å². The number of rotatable bonds is 5. The molecule has 0 bridgehead atoms. The molecule has 0 unspecified atom stereocenters. The molecule has 0 spiro atoms. The summed E-state index contributed by atoms with van der Waals surface area (Å²) in [5.74, 6) is 0.213. The Kier molecular flexibility index (Phi) is 4.40. The second-order valence-electron chi connectivity index (χ2n) is 5.91. The van der Waals surface area contributed by atoms with Gasteiger partial charge in [-0.1, -0.05) is 24.6 Å². The van der Waals surface area contributed by atoms with E-state index in [9.17, 15) is 8.42 Å². The van der Waals surface area contributed by atoms with E-state index in [4.69, 9.17) is 5.26 Å². The van der Waals surface area contributed by atoms with Crippen molar-refractivity contribution in [3.05, 3.63) is 28.8 Å². The molecule has 5 heteroatoms. The molecule has 2 atom stereocenters. The lowest BCUT2D eigenvalue weighted by Crippen LogP contribution is -2.34. The van der Waals surface area contributed by atoms with Gasteiger partial charge in [-0.15, -0.1) is 0 Å². The lowest BCUT2D eigenvalue weighted by Gasteiger charge is -2.23. The van der Waals surface area contributed by atoms with Crippen LogP contribution in [0.1, 0.15) is 30.0 Å². The molecule has 114 valence electrons. The van der Waals surface area contributed by atoms with Crippen molar-refractivity contribution in [1.29, 1.82) is 5.26 Å². The lowest BCUT2D eigenvalue weighted by atomic mass is 10.1. The van der Waals surface area contributed by atoms with Crippen LogP contribution in [0.3, 0.4) is 0 Å². The van der Waals surface area contributed by atoms with Crippen molar-refractivity contribution in [1.82, 2.24) is 4.31 Å². The summed E-state index contributed by atoms with van der Waals surface area (Å²) in [6.45, 7) is 8.38. The number of sulfonamides is 1. The summed E-state index contributed by atoms with van der Waals surface area (Å²) in [7, 11) is -3.49. The minimum absolute atomic E-state index is 0.0226. The fourth-order valence-electron chi connectivity index (χ4n) is 2.97. The molecule has 2 rings (SSSR count). The van der Waals surface area contributed by atoms with Crippen molar-refractivity contribution >= 4 is 10.0 Å². The molecule has 0 aromatic heterocycles. The summed E-state index contributed by atoms with van der Waals surface area (Å²) in [6, 6.07) is 6.03. The molecule has 1 aliphatic rings. The van der Waals surface area contributed by atoms with Gasteiger partial charge in [0.25, 0.3) is 0 Å². The van der Waals surface area contributed by atoms with E-state index in [-0.39, 0.29) is 11.8 Å². The predicted octanol–water partition coefficient (Wildman–Crippen LogP) is 2.78. The zero-order valence-corrected chi connectivity index (χ0v) is 13.9. The Balaban J connectivity index is 2.34. The van der Waals surface area contributed by atoms with Gasteiger partial charge in [0.2, 0.25) is 10.0 Å². The van der Waals surface area contributed by atoms with Gasteiger partial charge in [-0.2, -0.15) is 9.57 Å². The van der Waals surface area contributed by atoms with Gasteiger partial charge in [-0.3, -0.25) is 0 Å². The first-order valence-electron chi connectivity index (χ1n) is 7.28. The van der Waals surface area contributed by atoms with E-state index in [1.807, 2.05) is 39.8 Å². The molecule has 0 saturated heterocycles. The highest BCUT2D eigenvalue weighted by molar-refractivity contribution is 7.89. The number of nitrogens with zero attached hydrogens (tertiary/aromatic N) is 2. The molecular formula is C16H22N2O2S. The molecule has 0 N–H and O–H groups in total. The molecule has 1 fully saturated rings. The number of nitriles is 1. The minimum Gasteiger partial charge on any atom is -0.207 e. The smallest absolute Gasteiger partial charge is 0.207 e. The molecule has 0 heterocycles. The van der Waals surface area contributed by atoms with Crippen molar-refractivity contribution < 1.29 is 8.42 Å². The number of aryl methyl sites for hydroxylation is 3. The van der Waals surface area contributed by atoms with Crippen LogP contribution >= 0.6 is 0 Å². The van der Waals surface area contributed by atoms with Crippen LogP contribution in [0.4, 0.5) is 0 Å². The molecule has 0 radical (unpaired) electrons. The lowest BCUT2D eigenvalue weighted by molar-refractivity contribution is 0.407. The van der Waals surface area contributed by atoms with Gasteiger partial charge in [0.1, 0.15) is 0 Å². The SMILES string of the molecule is CCN(C[C@@H]1C[C@H]1C#N)S(=O)(=O)c1c(C)cc(C)cc1C. The average molecular weight is 306 g/mol. The van der Waals surface area contributed by atoms with Gasteiger partial charge in [0.15, 0.2) is 0 Å². The van der Waals surface area contributed by atoms with Crippen LogP contribution in [-0.4, -0.2) is 25.8 Å². The summed E-state index contributed by atoms with van der Waals surface area (Å²) < 4.78 is 27.3. The van der Waals surface area contributed by atoms with Crippen molar-refractivity contribution in [2.75, 3.05) is 13.1 Å². The second kappa shape index (κ2) is 5.78. The Labute approximate surface area is 127 Å². The maximum Gasteiger partial charge on any atom is 0.243 e. The van der Waals surface area contributed by atoms with Gasteiger partial charge in [-0.25, -0.2) is 8.42 Å². The van der Waals surface area contributed by atoms with Gasteiger partial charge in [0, 0.05) is 13.1 Å². The third-order valence-electron chi connectivity index (χ3n) is 4.08. The highest BCUT2D eigenvalue weighted by Crippen LogP contribution is 2.39. The van der Waals surface area contributed by atoms with Crippen LogP contribution in [0.25, 0.3) is 0 Å². The topological polar surface area (TPSA) is 61.2 Å². The van der Waals surface area contributed by atoms with Crippen molar-refractivity contribution in [2.45, 2.75) is 39.0 Å². The monoisotopic (exact) mass is 306 g/mol. The normalized spacial score (nSPS) is 21.3. The molecule has 0 aliphatic heterocycles. The van der Waals surface area contributed by atoms with E-state index in [1.54, 1.807) is 0 Å². The number of hydrogen-bond donors (Lipinski definition) is 0. The van der Waals surface area contributed by atoms with E-state index < -0.39 is 10.0 Å². The number of benzene rings is 1. The fraction of sp³-hybridized carbons (Fsp3) is 0.562. The van der Waals surface area contributed by atoms with E-state index in [0.29, 0.717) is 18.0 Å². The van der Waals surface area contributed by atoms with Crippen LogP contribution < -0.4 is 0 Å². The zero-order chi connectivity index (χ0) is 15.8. The van der Waals surface area contributed by atoms with Gasteiger partial charge < -0.3 is 0 Å². The number of hydrogen-bond acceptors (Lipinski definition) is 3. The highest BCUT2D eigenvalue weighted by Gasteiger charge is 2.41. The third-order valence-corrected chi connectivity index (χ3v) is 6.33. The predicted molar refractivity (Wildman–Crippen MR) is 82.3 cm³/mol. The van der Waals surface area contributed by atoms with E-state index in [0.717, 1.165) is 23.1 Å². The molecule has 1 aromatic carbocycles. The van der Waals surface area contributed by atoms with Crippen LogP contribution in [0, 0.1) is 43.9 Å². The van der Waals surface area contributed by atoms with E-state index in [2.05, 4.69) is 6.07 Å². The molecule has 1 aliphatic carbocycles. The van der Waals surface area contributed by atoms with Gasteiger partial charge in [-0.05, 0) is 44.2 Å². The summed E-state index contributed by atoms with van der Waals surface area (Å²) in [5.41, 5.74) is 2.65. The largest absolute Gasteiger partial charge is 0.243 e. The van der Waals surface area contributed by atoms with Crippen LogP contribution in [0.2, 0.25) is 0 Å². The zero-order valence-electron chi connectivity index (χ0n) is 13.0. The van der Waals surface area contributed by atoms with E-state index in [1.165, 1.54) is 4.31 Å². The van der Waals surface area contributed by atoms with Crippen molar-refractivity contribution in [2.24, 2.45) is 11.8 Å². The molecule has 1 aromatic rings. The summed E-state index contributed by atoms with van der Waals surface area (Å²) in [6.07, 6.45) is 0.814. The standard InChI is InChI=1S/C16H22N2O2S/c1-5-18(10-15-8-14(15)9-17)21(19,20)16-12(3)6-11(2)7-13(16)4/h6-7,14-15H,5,8,10H2,1-4H3/t14-,15-/m0/s1. The Morgan fingerprint density at radius 2 is 1.86 bits per heavy atom. The van der Waals surface area contributed by atoms with Gasteiger partial charge in [0.05, 0.1) is 16.9 Å². The van der Waals surface area contributed by atoms with E-state index >= 15 is 0 Å². The van der Waals surface area contributed by atoms with Gasteiger partial charge >= 0.3 is 0 Å². The molecule has 4 nitrogen and oxygen atoms in total. The fourth-order valence-corrected chi connectivity index (χ4v) is 4.89. The molecular weight excluding hydrogens is 284 g/mol. The summed E-state index contributed by atoms with van der Waals surface area (Å²) in [5, 5.41) is 8.88. The van der Waals surface area contributed by atoms with Crippen LogP contribution in [-0.2, 0) is 10.0 Å². The summed E-state index contributed by atoms with van der Waals surface area (Å²) >= 11 is 0. The second-order valence-corrected chi connectivity index (χ2v) is 7.79. The molecule has 21 heavy (non-hydrogen) atoms. The first kappa shape index (κ1) is 16.0. The first-order valence-corrected chi connectivity index (χ1v) is 8.72. The Morgan fingerprint density at radius 1 is 1.29 bits per heavy atom. The Bertz CT molecular complexity index is 666. The maximum atomic E-state index is 12.9. The summed E-state index contributed by atoms with van der Waals surface area (Å²) in [4.78, 5) is 0.420. The van der Waals surface area contributed by atoms with Crippen molar-refractivity contribution in [3.63, 3.8) is 0 Å². The third kappa shape index (κ3) is 3.12. The van der Waals surface area contributed by atoms with Crippen LogP contribution in [0.15, 0.2) is 17.0 Å². The Morgan fingerprint density at radius 3 is 2.29 bits per heavy atom. The molecule has 1 saturated carbocycles. The maximum absolute atomic E-state index is 12.9. The molecule has 0 amide bonds. The minimum atomic E-state index is -3.49. The van der Waals surface area contributed by atoms with Crippen molar-refractivity contribution in [3.8, 4) is 6.07 Å². The average Bonchev–Trinajstić information content (AvgIpc) is 3.12. The first-order chi connectivity index (χ1) is 9.81. The quantitative estimate of drug-likeness (QED) is 0.840. The Hall–Kier alpha value is -1.38. The highest BCUT2D eigenvalue weighted by atomic mass is 32.2.